The number of esters is 1. The average Bonchev–Trinajstić information content (AvgIpc) is 3.59. The lowest BCUT2D eigenvalue weighted by atomic mass is 10.1. The molecule has 1 saturated carbocycles. The van der Waals surface area contributed by atoms with Gasteiger partial charge in [0.15, 0.2) is 6.61 Å². The van der Waals surface area contributed by atoms with Gasteiger partial charge in [-0.05, 0) is 57.9 Å². The van der Waals surface area contributed by atoms with Gasteiger partial charge in [-0.25, -0.2) is 9.48 Å². The Bertz CT molecular complexity index is 1260. The number of anilines is 2. The quantitative estimate of drug-likeness (QED) is 0.293. The highest BCUT2D eigenvalue weighted by atomic mass is 16.6. The summed E-state index contributed by atoms with van der Waals surface area (Å²) in [4.78, 5) is 35.7. The summed E-state index contributed by atoms with van der Waals surface area (Å²) in [6.07, 6.45) is 1.91. The van der Waals surface area contributed by atoms with Crippen molar-refractivity contribution in [1.82, 2.24) is 9.78 Å². The number of benzene rings is 2. The highest BCUT2D eigenvalue weighted by Gasteiger charge is 2.26. The summed E-state index contributed by atoms with van der Waals surface area (Å²) in [5, 5.41) is 21.7. The monoisotopic (exact) mass is 463 g/mol. The van der Waals surface area contributed by atoms with Crippen LogP contribution in [0.1, 0.15) is 40.2 Å². The second kappa shape index (κ2) is 9.34. The zero-order chi connectivity index (χ0) is 24.4. The van der Waals surface area contributed by atoms with E-state index in [0.717, 1.165) is 35.9 Å². The maximum absolute atomic E-state index is 12.5. The van der Waals surface area contributed by atoms with E-state index in [-0.39, 0.29) is 17.3 Å². The van der Waals surface area contributed by atoms with Gasteiger partial charge in [-0.3, -0.25) is 14.9 Å². The lowest BCUT2D eigenvalue weighted by molar-refractivity contribution is -0.384. The van der Waals surface area contributed by atoms with E-state index in [4.69, 9.17) is 4.74 Å². The number of nitrogens with zero attached hydrogens (tertiary/aromatic N) is 3. The number of hydrogen-bond acceptors (Lipinski definition) is 7. The fourth-order valence-electron chi connectivity index (χ4n) is 3.53. The summed E-state index contributed by atoms with van der Waals surface area (Å²) in [5.41, 5.74) is 4.02. The summed E-state index contributed by atoms with van der Waals surface area (Å²) < 4.78 is 6.82. The SMILES string of the molecule is Cc1ccc(-n2nc(C)c(NC(=O)COC(=O)c3ccc(NC4CC4)c([N+](=O)[O-])c3)c2C)cc1. The Labute approximate surface area is 196 Å². The van der Waals surface area contributed by atoms with E-state index in [9.17, 15) is 19.7 Å². The number of rotatable bonds is 8. The first-order chi connectivity index (χ1) is 16.2. The number of nitro benzene ring substituents is 1. The Kier molecular flexibility index (Phi) is 6.31. The van der Waals surface area contributed by atoms with Gasteiger partial charge in [-0.15, -0.1) is 0 Å². The third-order valence-corrected chi connectivity index (χ3v) is 5.54. The van der Waals surface area contributed by atoms with Crippen LogP contribution in [0.25, 0.3) is 5.69 Å². The zero-order valence-corrected chi connectivity index (χ0v) is 19.1. The van der Waals surface area contributed by atoms with Crippen LogP contribution in [0.3, 0.4) is 0 Å². The smallest absolute Gasteiger partial charge is 0.338 e. The van der Waals surface area contributed by atoms with Crippen molar-refractivity contribution in [3.05, 3.63) is 75.1 Å². The van der Waals surface area contributed by atoms with Crippen LogP contribution in [0.2, 0.25) is 0 Å². The summed E-state index contributed by atoms with van der Waals surface area (Å²) in [5.74, 6) is -1.36. The molecular weight excluding hydrogens is 438 g/mol. The molecule has 1 aliphatic carbocycles. The minimum absolute atomic E-state index is 0.000369. The molecule has 4 rings (SSSR count). The molecule has 2 N–H and O–H groups in total. The number of carbonyl (C=O) groups excluding carboxylic acids is 2. The second-order valence-corrected chi connectivity index (χ2v) is 8.33. The molecule has 0 spiro atoms. The van der Waals surface area contributed by atoms with E-state index in [1.807, 2.05) is 38.1 Å². The molecule has 2 aromatic carbocycles. The Balaban J connectivity index is 1.40. The molecule has 10 nitrogen and oxygen atoms in total. The van der Waals surface area contributed by atoms with E-state index < -0.39 is 23.4 Å². The first-order valence-corrected chi connectivity index (χ1v) is 10.9. The predicted molar refractivity (Wildman–Crippen MR) is 126 cm³/mol. The van der Waals surface area contributed by atoms with E-state index >= 15 is 0 Å². The summed E-state index contributed by atoms with van der Waals surface area (Å²) in [6.45, 7) is 5.06. The molecule has 0 saturated heterocycles. The molecular formula is C24H25N5O5. The van der Waals surface area contributed by atoms with Crippen LogP contribution in [0.15, 0.2) is 42.5 Å². The number of nitrogens with one attached hydrogen (secondary N) is 2. The van der Waals surface area contributed by atoms with Crippen LogP contribution < -0.4 is 10.6 Å². The van der Waals surface area contributed by atoms with E-state index in [2.05, 4.69) is 15.7 Å². The van der Waals surface area contributed by atoms with Crippen LogP contribution in [0.5, 0.6) is 0 Å². The molecule has 0 radical (unpaired) electrons. The minimum Gasteiger partial charge on any atom is -0.452 e. The maximum Gasteiger partial charge on any atom is 0.338 e. The van der Waals surface area contributed by atoms with Gasteiger partial charge in [0, 0.05) is 12.1 Å². The van der Waals surface area contributed by atoms with Crippen LogP contribution in [-0.2, 0) is 9.53 Å². The fraction of sp³-hybridized carbons (Fsp3) is 0.292. The van der Waals surface area contributed by atoms with Crippen molar-refractivity contribution in [2.45, 2.75) is 39.7 Å². The molecule has 10 heteroatoms. The number of aryl methyl sites for hydroxylation is 2. The molecule has 0 aliphatic heterocycles. The van der Waals surface area contributed by atoms with Crippen molar-refractivity contribution in [2.75, 3.05) is 17.2 Å². The van der Waals surface area contributed by atoms with Crippen molar-refractivity contribution < 1.29 is 19.2 Å². The number of hydrogen-bond donors (Lipinski definition) is 2. The highest BCUT2D eigenvalue weighted by Crippen LogP contribution is 2.31. The summed E-state index contributed by atoms with van der Waals surface area (Å²) in [7, 11) is 0. The molecule has 1 aliphatic rings. The number of carbonyl (C=O) groups is 2. The second-order valence-electron chi connectivity index (χ2n) is 8.33. The molecule has 0 atom stereocenters. The number of nitro groups is 1. The van der Waals surface area contributed by atoms with E-state index in [1.54, 1.807) is 11.6 Å². The van der Waals surface area contributed by atoms with Crippen molar-refractivity contribution in [3.63, 3.8) is 0 Å². The molecule has 3 aromatic rings. The average molecular weight is 463 g/mol. The Morgan fingerprint density at radius 1 is 1.15 bits per heavy atom. The number of ether oxygens (including phenoxy) is 1. The van der Waals surface area contributed by atoms with Crippen molar-refractivity contribution in [2.24, 2.45) is 0 Å². The molecule has 34 heavy (non-hydrogen) atoms. The van der Waals surface area contributed by atoms with Gasteiger partial charge >= 0.3 is 5.97 Å². The maximum atomic E-state index is 12.5. The molecule has 0 bridgehead atoms. The van der Waals surface area contributed by atoms with Gasteiger partial charge in [0.2, 0.25) is 0 Å². The van der Waals surface area contributed by atoms with Crippen molar-refractivity contribution >= 4 is 28.9 Å². The molecule has 1 amide bonds. The first kappa shape index (κ1) is 23.0. The van der Waals surface area contributed by atoms with Gasteiger partial charge in [-0.2, -0.15) is 5.10 Å². The van der Waals surface area contributed by atoms with Crippen molar-refractivity contribution in [3.8, 4) is 5.69 Å². The lowest BCUT2D eigenvalue weighted by Crippen LogP contribution is -2.21. The van der Waals surface area contributed by atoms with Gasteiger partial charge in [-0.1, -0.05) is 17.7 Å². The normalized spacial score (nSPS) is 12.8. The van der Waals surface area contributed by atoms with E-state index in [0.29, 0.717) is 17.1 Å². The topological polar surface area (TPSA) is 128 Å². The Hall–Kier alpha value is -4.21. The Morgan fingerprint density at radius 3 is 2.50 bits per heavy atom. The van der Waals surface area contributed by atoms with Crippen LogP contribution in [-0.4, -0.2) is 39.2 Å². The van der Waals surface area contributed by atoms with Crippen LogP contribution in [0, 0.1) is 30.9 Å². The summed E-state index contributed by atoms with van der Waals surface area (Å²) >= 11 is 0. The lowest BCUT2D eigenvalue weighted by Gasteiger charge is -2.09. The third-order valence-electron chi connectivity index (χ3n) is 5.54. The van der Waals surface area contributed by atoms with Crippen LogP contribution in [0.4, 0.5) is 17.1 Å². The largest absolute Gasteiger partial charge is 0.452 e. The first-order valence-electron chi connectivity index (χ1n) is 10.9. The fourth-order valence-corrected chi connectivity index (χ4v) is 3.53. The van der Waals surface area contributed by atoms with E-state index in [1.165, 1.54) is 12.1 Å². The Morgan fingerprint density at radius 2 is 1.85 bits per heavy atom. The number of aromatic nitrogens is 2. The van der Waals surface area contributed by atoms with Gasteiger partial charge in [0.25, 0.3) is 11.6 Å². The minimum atomic E-state index is -0.819. The standard InChI is InChI=1S/C24H25N5O5/c1-14-4-9-19(10-5-14)28-16(3)23(15(2)27-28)26-22(30)13-34-24(31)17-6-11-20(25-18-7-8-18)21(12-17)29(32)33/h4-6,9-12,18,25H,7-8,13H2,1-3H3,(H,26,30). The number of amides is 1. The zero-order valence-electron chi connectivity index (χ0n) is 19.1. The van der Waals surface area contributed by atoms with Crippen molar-refractivity contribution in [1.29, 1.82) is 0 Å². The molecule has 1 fully saturated rings. The molecule has 1 heterocycles. The molecule has 176 valence electrons. The van der Waals surface area contributed by atoms with Gasteiger partial charge < -0.3 is 15.4 Å². The van der Waals surface area contributed by atoms with Gasteiger partial charge in [0.1, 0.15) is 5.69 Å². The molecule has 0 unspecified atom stereocenters. The highest BCUT2D eigenvalue weighted by molar-refractivity contribution is 5.96. The van der Waals surface area contributed by atoms with Gasteiger partial charge in [0.05, 0.1) is 33.2 Å². The summed E-state index contributed by atoms with van der Waals surface area (Å²) in [6, 6.07) is 12.1. The predicted octanol–water partition coefficient (Wildman–Crippen LogP) is 4.08. The third kappa shape index (κ3) is 5.06. The molecule has 1 aromatic heterocycles. The van der Waals surface area contributed by atoms with Crippen LogP contribution >= 0.6 is 0 Å².